The number of benzene rings is 2. The van der Waals surface area contributed by atoms with E-state index in [-0.39, 0.29) is 5.41 Å². The Balaban J connectivity index is 1.20. The number of para-hydroxylation sites is 2. The first-order valence-electron chi connectivity index (χ1n) is 10.6. The molecule has 2 aliphatic heterocycles. The highest BCUT2D eigenvalue weighted by molar-refractivity contribution is 5.80. The van der Waals surface area contributed by atoms with E-state index in [0.717, 1.165) is 68.7 Å². The molecule has 0 unspecified atom stereocenters. The van der Waals surface area contributed by atoms with Gasteiger partial charge in [0.15, 0.2) is 17.5 Å². The lowest BCUT2D eigenvalue weighted by Crippen LogP contribution is -2.53. The number of hydrogen-bond acceptors (Lipinski definition) is 5. The van der Waals surface area contributed by atoms with E-state index in [1.165, 1.54) is 5.56 Å². The first-order chi connectivity index (χ1) is 14.7. The number of ether oxygens (including phenoxy) is 2. The molecule has 30 heavy (non-hydrogen) atoms. The summed E-state index contributed by atoms with van der Waals surface area (Å²) >= 11 is 0. The maximum atomic E-state index is 10.1. The monoisotopic (exact) mass is 408 g/mol. The molecular weight excluding hydrogens is 380 g/mol. The molecule has 0 bridgehead atoms. The predicted octanol–water partition coefficient (Wildman–Crippen LogP) is 2.55. The maximum Gasteiger partial charge on any atom is 0.231 e. The zero-order valence-electron chi connectivity index (χ0n) is 17.3. The number of nitrogens with one attached hydrogen (secondary N) is 1. The Labute approximate surface area is 176 Å². The van der Waals surface area contributed by atoms with Crippen LogP contribution in [-0.2, 0) is 5.41 Å². The molecule has 0 radical (unpaired) electrons. The summed E-state index contributed by atoms with van der Waals surface area (Å²) < 4.78 is 11.0. The van der Waals surface area contributed by atoms with E-state index in [9.17, 15) is 5.11 Å². The van der Waals surface area contributed by atoms with Crippen LogP contribution in [-0.4, -0.2) is 62.5 Å². The van der Waals surface area contributed by atoms with Crippen LogP contribution in [0.3, 0.4) is 0 Å². The van der Waals surface area contributed by atoms with Gasteiger partial charge < -0.3 is 29.7 Å². The van der Waals surface area contributed by atoms with Crippen molar-refractivity contribution in [3.8, 4) is 17.2 Å². The van der Waals surface area contributed by atoms with Crippen molar-refractivity contribution < 1.29 is 14.6 Å². The van der Waals surface area contributed by atoms with Gasteiger partial charge in [0, 0.05) is 45.2 Å². The molecule has 5 rings (SSSR count). The second-order valence-corrected chi connectivity index (χ2v) is 8.21. The summed E-state index contributed by atoms with van der Waals surface area (Å²) in [5.41, 5.74) is 2.35. The van der Waals surface area contributed by atoms with Crippen LogP contribution in [0.15, 0.2) is 47.5 Å². The van der Waals surface area contributed by atoms with E-state index < -0.39 is 0 Å². The maximum absolute atomic E-state index is 10.1. The Morgan fingerprint density at radius 2 is 1.83 bits per heavy atom. The van der Waals surface area contributed by atoms with Crippen molar-refractivity contribution in [3.05, 3.63) is 48.0 Å². The first-order valence-corrected chi connectivity index (χ1v) is 10.6. The third-order valence-corrected chi connectivity index (χ3v) is 6.44. The molecule has 158 valence electrons. The van der Waals surface area contributed by atoms with Crippen LogP contribution in [0.1, 0.15) is 18.4 Å². The molecule has 0 atom stereocenters. The van der Waals surface area contributed by atoms with Gasteiger partial charge in [-0.2, -0.15) is 0 Å². The number of hydrogen-bond donors (Lipinski definition) is 2. The quantitative estimate of drug-likeness (QED) is 0.599. The van der Waals surface area contributed by atoms with Crippen molar-refractivity contribution in [1.29, 1.82) is 0 Å². The molecule has 0 spiro atoms. The molecule has 7 heteroatoms. The minimum absolute atomic E-state index is 0.147. The lowest BCUT2D eigenvalue weighted by atomic mass is 9.95. The molecule has 0 aromatic heterocycles. The summed E-state index contributed by atoms with van der Waals surface area (Å²) in [6.07, 6.45) is 2.33. The van der Waals surface area contributed by atoms with E-state index in [1.54, 1.807) is 6.07 Å². The lowest BCUT2D eigenvalue weighted by Gasteiger charge is -2.38. The highest BCUT2D eigenvalue weighted by Gasteiger charge is 2.45. The largest absolute Gasteiger partial charge is 0.506 e. The average Bonchev–Trinajstić information content (AvgIpc) is 3.42. The number of aromatic hydroxyl groups is 1. The standard InChI is InChI=1S/C23H28N4O3/c1-24-22(27-12-10-26(11-13-27)18-4-2-3-5-19(18)28)25-15-23(8-9-23)17-6-7-20-21(14-17)30-16-29-20/h2-7,14,28H,8-13,15-16H2,1H3,(H,24,25). The number of anilines is 1. The zero-order chi connectivity index (χ0) is 20.6. The molecule has 2 N–H and O–H groups in total. The van der Waals surface area contributed by atoms with E-state index in [1.807, 2.05) is 31.3 Å². The SMILES string of the molecule is CN=C(NCC1(c2ccc3c(c2)OCO3)CC1)N1CCN(c2ccccc2O)CC1. The Bertz CT molecular complexity index is 949. The van der Waals surface area contributed by atoms with Gasteiger partial charge in [0.1, 0.15) is 5.75 Å². The zero-order valence-corrected chi connectivity index (χ0v) is 17.3. The summed E-state index contributed by atoms with van der Waals surface area (Å²) in [5, 5.41) is 13.7. The highest BCUT2D eigenvalue weighted by Crippen LogP contribution is 2.50. The highest BCUT2D eigenvalue weighted by atomic mass is 16.7. The molecule has 7 nitrogen and oxygen atoms in total. The van der Waals surface area contributed by atoms with Gasteiger partial charge in [0.2, 0.25) is 6.79 Å². The third kappa shape index (κ3) is 3.49. The first kappa shape index (κ1) is 18.9. The van der Waals surface area contributed by atoms with Crippen molar-refractivity contribution in [2.75, 3.05) is 51.5 Å². The van der Waals surface area contributed by atoms with E-state index in [0.29, 0.717) is 12.5 Å². The number of phenols is 1. The molecule has 2 heterocycles. The Kier molecular flexibility index (Phi) is 4.81. The smallest absolute Gasteiger partial charge is 0.231 e. The number of rotatable bonds is 4. The Morgan fingerprint density at radius 3 is 2.57 bits per heavy atom. The van der Waals surface area contributed by atoms with Crippen molar-refractivity contribution in [2.24, 2.45) is 4.99 Å². The molecule has 2 aromatic carbocycles. The second-order valence-electron chi connectivity index (χ2n) is 8.21. The predicted molar refractivity (Wildman–Crippen MR) is 117 cm³/mol. The van der Waals surface area contributed by atoms with Crippen LogP contribution in [0.25, 0.3) is 0 Å². The summed E-state index contributed by atoms with van der Waals surface area (Å²) in [6.45, 7) is 4.61. The van der Waals surface area contributed by atoms with E-state index in [4.69, 9.17) is 9.47 Å². The molecule has 1 saturated heterocycles. The third-order valence-electron chi connectivity index (χ3n) is 6.44. The number of piperazine rings is 1. The van der Waals surface area contributed by atoms with Crippen LogP contribution in [0, 0.1) is 0 Å². The fourth-order valence-electron chi connectivity index (χ4n) is 4.42. The summed E-state index contributed by atoms with van der Waals surface area (Å²) in [6, 6.07) is 13.8. The van der Waals surface area contributed by atoms with Gasteiger partial charge in [-0.3, -0.25) is 4.99 Å². The van der Waals surface area contributed by atoms with Gasteiger partial charge in [-0.15, -0.1) is 0 Å². The number of nitrogens with zero attached hydrogens (tertiary/aromatic N) is 3. The van der Waals surface area contributed by atoms with Gasteiger partial charge in [0.25, 0.3) is 0 Å². The molecule has 2 fully saturated rings. The summed E-state index contributed by atoms with van der Waals surface area (Å²) in [5.74, 6) is 2.97. The van der Waals surface area contributed by atoms with Gasteiger partial charge >= 0.3 is 0 Å². The number of aliphatic imine (C=N–C) groups is 1. The van der Waals surface area contributed by atoms with Crippen LogP contribution in [0.2, 0.25) is 0 Å². The van der Waals surface area contributed by atoms with Crippen LogP contribution >= 0.6 is 0 Å². The van der Waals surface area contributed by atoms with Crippen LogP contribution < -0.4 is 19.7 Å². The van der Waals surface area contributed by atoms with Crippen molar-refractivity contribution >= 4 is 11.6 Å². The van der Waals surface area contributed by atoms with E-state index in [2.05, 4.69) is 32.2 Å². The minimum atomic E-state index is 0.147. The van der Waals surface area contributed by atoms with Crippen molar-refractivity contribution in [3.63, 3.8) is 0 Å². The molecule has 1 aliphatic carbocycles. The van der Waals surface area contributed by atoms with Gasteiger partial charge in [-0.25, -0.2) is 0 Å². The normalized spacial score (nSPS) is 19.7. The van der Waals surface area contributed by atoms with Crippen LogP contribution in [0.4, 0.5) is 5.69 Å². The molecule has 3 aliphatic rings. The number of guanidine groups is 1. The Hall–Kier alpha value is -3.09. The van der Waals surface area contributed by atoms with Crippen molar-refractivity contribution in [1.82, 2.24) is 10.2 Å². The second kappa shape index (κ2) is 7.63. The number of fused-ring (bicyclic) bond motifs is 1. The fraction of sp³-hybridized carbons (Fsp3) is 0.435. The van der Waals surface area contributed by atoms with Crippen LogP contribution in [0.5, 0.6) is 17.2 Å². The number of phenolic OH excluding ortho intramolecular Hbond substituents is 1. The van der Waals surface area contributed by atoms with Gasteiger partial charge in [-0.1, -0.05) is 18.2 Å². The molecule has 1 saturated carbocycles. The van der Waals surface area contributed by atoms with Gasteiger partial charge in [-0.05, 0) is 42.7 Å². The topological polar surface area (TPSA) is 69.6 Å². The Morgan fingerprint density at radius 1 is 1.07 bits per heavy atom. The fourth-order valence-corrected chi connectivity index (χ4v) is 4.42. The van der Waals surface area contributed by atoms with E-state index >= 15 is 0 Å². The minimum Gasteiger partial charge on any atom is -0.506 e. The average molecular weight is 409 g/mol. The molecule has 2 aromatic rings. The van der Waals surface area contributed by atoms with Gasteiger partial charge in [0.05, 0.1) is 5.69 Å². The summed E-state index contributed by atoms with van der Waals surface area (Å²) in [4.78, 5) is 9.06. The van der Waals surface area contributed by atoms with Crippen molar-refractivity contribution in [2.45, 2.75) is 18.3 Å². The molecular formula is C23H28N4O3. The molecule has 0 amide bonds. The summed E-state index contributed by atoms with van der Waals surface area (Å²) in [7, 11) is 1.85. The lowest BCUT2D eigenvalue weighted by molar-refractivity contribution is 0.174.